The number of carbonyl (C=O) groups is 2. The van der Waals surface area contributed by atoms with E-state index in [1.165, 1.54) is 13.0 Å². The normalized spacial score (nSPS) is 17.2. The first-order chi connectivity index (χ1) is 12.5. The van der Waals surface area contributed by atoms with Gasteiger partial charge in [-0.3, -0.25) is 19.9 Å². The first-order valence-corrected chi connectivity index (χ1v) is 9.07. The lowest BCUT2D eigenvalue weighted by atomic mass is 10.0. The maximum atomic E-state index is 12.8. The van der Waals surface area contributed by atoms with Crippen molar-refractivity contribution in [3.63, 3.8) is 0 Å². The number of nitro benzene ring substituents is 1. The Morgan fingerprint density at radius 1 is 1.30 bits per heavy atom. The second-order valence-corrected chi connectivity index (χ2v) is 7.96. The summed E-state index contributed by atoms with van der Waals surface area (Å²) in [6.07, 6.45) is 0. The number of nitrogens with zero attached hydrogens (tertiary/aromatic N) is 2. The number of nitro groups is 1. The third kappa shape index (κ3) is 5.16. The number of nitrogens with one attached hydrogen (secondary N) is 1. The molecule has 2 rings (SSSR count). The molecule has 1 amide bonds. The van der Waals surface area contributed by atoms with Gasteiger partial charge in [-0.25, -0.2) is 4.79 Å². The van der Waals surface area contributed by atoms with Crippen molar-refractivity contribution in [1.29, 1.82) is 0 Å². The average molecular weight is 391 g/mol. The van der Waals surface area contributed by atoms with E-state index in [2.05, 4.69) is 10.3 Å². The van der Waals surface area contributed by atoms with Gasteiger partial charge < -0.3 is 10.1 Å². The molecule has 0 aromatic heterocycles. The molecule has 9 heteroatoms. The Morgan fingerprint density at radius 2 is 1.93 bits per heavy atom. The minimum absolute atomic E-state index is 0.141. The largest absolute Gasteiger partial charge is 0.456 e. The third-order valence-corrected chi connectivity index (χ3v) is 4.51. The van der Waals surface area contributed by atoms with Gasteiger partial charge in [-0.15, -0.1) is 0 Å². The van der Waals surface area contributed by atoms with Crippen LogP contribution in [0, 0.1) is 10.1 Å². The molecule has 1 unspecified atom stereocenters. The Labute approximate surface area is 161 Å². The Balaban J connectivity index is 2.63. The van der Waals surface area contributed by atoms with Crippen molar-refractivity contribution in [3.05, 3.63) is 45.5 Å². The molecule has 1 aromatic carbocycles. The highest BCUT2D eigenvalue weighted by Gasteiger charge is 2.33. The second-order valence-electron chi connectivity index (χ2n) is 6.87. The number of carbonyl (C=O) groups excluding carboxylic acids is 2. The van der Waals surface area contributed by atoms with Crippen molar-refractivity contribution >= 4 is 39.9 Å². The standard InChI is InChI=1S/C18H21N3O5S/c1-10-14(16(23)26-18(3,4)5)15(27-17(19-10)20-11(2)22)12-8-6-7-9-13(12)21(24)25/h6-9,17H,1-5H3,(H,20,22). The highest BCUT2D eigenvalue weighted by Crippen LogP contribution is 2.42. The van der Waals surface area contributed by atoms with Gasteiger partial charge >= 0.3 is 5.97 Å². The Hall–Kier alpha value is -2.68. The van der Waals surface area contributed by atoms with Gasteiger partial charge in [-0.05, 0) is 33.8 Å². The van der Waals surface area contributed by atoms with Crippen LogP contribution in [0.15, 0.2) is 34.8 Å². The molecule has 0 saturated heterocycles. The van der Waals surface area contributed by atoms with Gasteiger partial charge in [0.05, 0.1) is 21.8 Å². The van der Waals surface area contributed by atoms with Crippen LogP contribution in [0.5, 0.6) is 0 Å². The molecule has 0 fully saturated rings. The van der Waals surface area contributed by atoms with Crippen LogP contribution in [0.4, 0.5) is 5.69 Å². The van der Waals surface area contributed by atoms with Crippen LogP contribution in [0.3, 0.4) is 0 Å². The van der Waals surface area contributed by atoms with Crippen molar-refractivity contribution in [2.75, 3.05) is 0 Å². The van der Waals surface area contributed by atoms with Crippen LogP contribution < -0.4 is 5.32 Å². The molecule has 1 N–H and O–H groups in total. The minimum atomic E-state index is -0.739. The number of hydrogen-bond donors (Lipinski definition) is 1. The fourth-order valence-corrected chi connectivity index (χ4v) is 3.74. The van der Waals surface area contributed by atoms with E-state index >= 15 is 0 Å². The zero-order chi connectivity index (χ0) is 20.4. The van der Waals surface area contributed by atoms with Gasteiger partial charge in [0.15, 0.2) is 5.50 Å². The van der Waals surface area contributed by atoms with E-state index < -0.39 is 22.0 Å². The molecule has 1 heterocycles. The van der Waals surface area contributed by atoms with Gasteiger partial charge in [0, 0.05) is 17.9 Å². The molecule has 0 bridgehead atoms. The summed E-state index contributed by atoms with van der Waals surface area (Å²) in [7, 11) is 0. The Bertz CT molecular complexity index is 855. The Morgan fingerprint density at radius 3 is 2.48 bits per heavy atom. The molecule has 1 aromatic rings. The fraction of sp³-hybridized carbons (Fsp3) is 0.389. The van der Waals surface area contributed by atoms with E-state index in [1.54, 1.807) is 45.9 Å². The van der Waals surface area contributed by atoms with E-state index in [0.29, 0.717) is 10.6 Å². The van der Waals surface area contributed by atoms with E-state index in [1.807, 2.05) is 0 Å². The van der Waals surface area contributed by atoms with Crippen molar-refractivity contribution in [3.8, 4) is 0 Å². The number of aliphatic imine (C=N–C) groups is 1. The van der Waals surface area contributed by atoms with E-state index in [0.717, 1.165) is 11.8 Å². The third-order valence-electron chi connectivity index (χ3n) is 3.40. The maximum Gasteiger partial charge on any atom is 0.341 e. The number of thioether (sulfide) groups is 1. The van der Waals surface area contributed by atoms with E-state index in [4.69, 9.17) is 4.74 Å². The molecule has 27 heavy (non-hydrogen) atoms. The molecule has 0 aliphatic carbocycles. The lowest BCUT2D eigenvalue weighted by Crippen LogP contribution is -2.34. The van der Waals surface area contributed by atoms with Crippen LogP contribution in [0.1, 0.15) is 40.2 Å². The van der Waals surface area contributed by atoms with Gasteiger partial charge in [-0.2, -0.15) is 0 Å². The zero-order valence-corrected chi connectivity index (χ0v) is 16.5. The topological polar surface area (TPSA) is 111 Å². The summed E-state index contributed by atoms with van der Waals surface area (Å²) >= 11 is 1.07. The molecule has 1 aliphatic heterocycles. The number of ether oxygens (including phenoxy) is 1. The number of benzene rings is 1. The smallest absolute Gasteiger partial charge is 0.341 e. The molecular weight excluding hydrogens is 370 g/mol. The predicted octanol–water partition coefficient (Wildman–Crippen LogP) is 3.28. The van der Waals surface area contributed by atoms with Crippen LogP contribution in [-0.2, 0) is 14.3 Å². The van der Waals surface area contributed by atoms with Crippen LogP contribution >= 0.6 is 11.8 Å². The maximum absolute atomic E-state index is 12.8. The van der Waals surface area contributed by atoms with Crippen LogP contribution in [-0.4, -0.2) is 33.6 Å². The molecule has 144 valence electrons. The van der Waals surface area contributed by atoms with Crippen molar-refractivity contribution < 1.29 is 19.2 Å². The summed E-state index contributed by atoms with van der Waals surface area (Å²) in [5.41, 5.74) is -0.795. The van der Waals surface area contributed by atoms with Gasteiger partial charge in [0.25, 0.3) is 5.69 Å². The SMILES string of the molecule is CC(=O)NC1N=C(C)C(C(=O)OC(C)(C)C)=C(c2ccccc2[N+](=O)[O-])S1. The van der Waals surface area contributed by atoms with Gasteiger partial charge in [0.2, 0.25) is 5.91 Å². The number of para-hydroxylation sites is 1. The molecule has 1 atom stereocenters. The zero-order valence-electron chi connectivity index (χ0n) is 15.7. The number of hydrogen-bond acceptors (Lipinski definition) is 7. The van der Waals surface area contributed by atoms with Crippen molar-refractivity contribution in [2.45, 2.75) is 45.7 Å². The van der Waals surface area contributed by atoms with E-state index in [-0.39, 0.29) is 22.7 Å². The van der Waals surface area contributed by atoms with Crippen LogP contribution in [0.2, 0.25) is 0 Å². The first-order valence-electron chi connectivity index (χ1n) is 8.19. The summed E-state index contributed by atoms with van der Waals surface area (Å²) < 4.78 is 5.47. The molecular formula is C18H21N3O5S. The lowest BCUT2D eigenvalue weighted by molar-refractivity contribution is -0.385. The van der Waals surface area contributed by atoms with Crippen molar-refractivity contribution in [1.82, 2.24) is 5.32 Å². The van der Waals surface area contributed by atoms with Gasteiger partial charge in [0.1, 0.15) is 5.60 Å². The predicted molar refractivity (Wildman–Crippen MR) is 104 cm³/mol. The molecule has 1 aliphatic rings. The minimum Gasteiger partial charge on any atom is -0.456 e. The number of amides is 1. The summed E-state index contributed by atoms with van der Waals surface area (Å²) in [4.78, 5) is 39.8. The fourth-order valence-electron chi connectivity index (χ4n) is 2.43. The highest BCUT2D eigenvalue weighted by atomic mass is 32.2. The highest BCUT2D eigenvalue weighted by molar-refractivity contribution is 8.09. The number of rotatable bonds is 4. The summed E-state index contributed by atoms with van der Waals surface area (Å²) in [5, 5.41) is 14.1. The van der Waals surface area contributed by atoms with Crippen LogP contribution in [0.25, 0.3) is 4.91 Å². The van der Waals surface area contributed by atoms with Crippen molar-refractivity contribution in [2.24, 2.45) is 4.99 Å². The van der Waals surface area contributed by atoms with Gasteiger partial charge in [-0.1, -0.05) is 23.9 Å². The lowest BCUT2D eigenvalue weighted by Gasteiger charge is -2.26. The summed E-state index contributed by atoms with van der Waals surface area (Å²) in [6.45, 7) is 8.17. The number of esters is 1. The summed E-state index contributed by atoms with van der Waals surface area (Å²) in [6, 6.07) is 6.13. The first kappa shape index (κ1) is 20.6. The Kier molecular flexibility index (Phi) is 6.04. The second kappa shape index (κ2) is 7.91. The molecule has 0 spiro atoms. The quantitative estimate of drug-likeness (QED) is 0.479. The molecule has 8 nitrogen and oxygen atoms in total. The average Bonchev–Trinajstić information content (AvgIpc) is 2.51. The summed E-state index contributed by atoms with van der Waals surface area (Å²) in [5.74, 6) is -0.919. The monoisotopic (exact) mass is 391 g/mol. The van der Waals surface area contributed by atoms with E-state index in [9.17, 15) is 19.7 Å². The molecule has 0 saturated carbocycles. The molecule has 0 radical (unpaired) electrons.